The van der Waals surface area contributed by atoms with Crippen molar-refractivity contribution in [2.75, 3.05) is 6.61 Å². The number of nitrogens with one attached hydrogen (secondary N) is 1. The molecule has 1 fully saturated rings. The molecule has 1 N–H and O–H groups in total. The number of hydrogen-bond acceptors (Lipinski definition) is 3. The average molecular weight is 262 g/mol. The van der Waals surface area contributed by atoms with Gasteiger partial charge in [-0.15, -0.1) is 0 Å². The maximum atomic E-state index is 6.01. The van der Waals surface area contributed by atoms with E-state index in [0.29, 0.717) is 0 Å². The minimum Gasteiger partial charge on any atom is -0.493 e. The van der Waals surface area contributed by atoms with Crippen molar-refractivity contribution in [3.05, 3.63) is 24.0 Å². The van der Waals surface area contributed by atoms with Gasteiger partial charge in [-0.1, -0.05) is 12.8 Å². The number of pyridine rings is 1. The van der Waals surface area contributed by atoms with Crippen LogP contribution in [0.15, 0.2) is 18.5 Å². The highest BCUT2D eigenvalue weighted by molar-refractivity contribution is 5.30. The molecule has 0 aromatic carbocycles. The highest BCUT2D eigenvalue weighted by Gasteiger charge is 2.16. The highest BCUT2D eigenvalue weighted by atomic mass is 16.5. The molecule has 0 aliphatic heterocycles. The summed E-state index contributed by atoms with van der Waals surface area (Å²) < 4.78 is 6.01. The molecule has 2 rings (SSSR count). The quantitative estimate of drug-likeness (QED) is 0.881. The van der Waals surface area contributed by atoms with Crippen molar-refractivity contribution in [3.63, 3.8) is 0 Å². The van der Waals surface area contributed by atoms with E-state index in [2.05, 4.69) is 31.1 Å². The van der Waals surface area contributed by atoms with Crippen LogP contribution in [-0.4, -0.2) is 17.1 Å². The molecule has 0 unspecified atom stereocenters. The van der Waals surface area contributed by atoms with Gasteiger partial charge in [0.1, 0.15) is 5.75 Å². The smallest absolute Gasteiger partial charge is 0.126 e. The van der Waals surface area contributed by atoms with Crippen LogP contribution in [0.5, 0.6) is 5.75 Å². The molecule has 0 radical (unpaired) electrons. The lowest BCUT2D eigenvalue weighted by Crippen LogP contribution is -2.35. The Hall–Kier alpha value is -1.09. The van der Waals surface area contributed by atoms with Gasteiger partial charge in [-0.3, -0.25) is 4.98 Å². The van der Waals surface area contributed by atoms with Gasteiger partial charge < -0.3 is 10.1 Å². The molecule has 0 bridgehead atoms. The van der Waals surface area contributed by atoms with Crippen LogP contribution < -0.4 is 10.1 Å². The minimum absolute atomic E-state index is 0.110. The van der Waals surface area contributed by atoms with E-state index >= 15 is 0 Å². The van der Waals surface area contributed by atoms with Crippen LogP contribution in [0.2, 0.25) is 0 Å². The van der Waals surface area contributed by atoms with E-state index in [1.807, 2.05) is 18.5 Å². The molecule has 0 spiro atoms. The van der Waals surface area contributed by atoms with Crippen LogP contribution in [-0.2, 0) is 6.54 Å². The van der Waals surface area contributed by atoms with Gasteiger partial charge in [0.2, 0.25) is 0 Å². The SMILES string of the molecule is CC(C)(C)NCc1cnccc1OCC1CCCC1. The van der Waals surface area contributed by atoms with E-state index < -0.39 is 0 Å². The summed E-state index contributed by atoms with van der Waals surface area (Å²) in [4.78, 5) is 4.21. The molecule has 0 atom stereocenters. The Balaban J connectivity index is 1.91. The van der Waals surface area contributed by atoms with Crippen LogP contribution >= 0.6 is 0 Å². The molecule has 3 nitrogen and oxygen atoms in total. The van der Waals surface area contributed by atoms with Gasteiger partial charge in [-0.25, -0.2) is 0 Å². The normalized spacial score (nSPS) is 16.8. The summed E-state index contributed by atoms with van der Waals surface area (Å²) in [5, 5.41) is 3.49. The van der Waals surface area contributed by atoms with E-state index in [9.17, 15) is 0 Å². The van der Waals surface area contributed by atoms with Crippen molar-refractivity contribution in [2.24, 2.45) is 5.92 Å². The number of ether oxygens (including phenoxy) is 1. The Labute approximate surface area is 116 Å². The summed E-state index contributed by atoms with van der Waals surface area (Å²) in [6.45, 7) is 8.16. The zero-order chi connectivity index (χ0) is 13.7. The first-order valence-electron chi connectivity index (χ1n) is 7.35. The van der Waals surface area contributed by atoms with E-state index in [1.54, 1.807) is 0 Å². The zero-order valence-electron chi connectivity index (χ0n) is 12.4. The van der Waals surface area contributed by atoms with Crippen LogP contribution in [0, 0.1) is 5.92 Å². The fourth-order valence-electron chi connectivity index (χ4n) is 2.43. The van der Waals surface area contributed by atoms with Gasteiger partial charge in [0.25, 0.3) is 0 Å². The molecule has 19 heavy (non-hydrogen) atoms. The molecule has 1 saturated carbocycles. The Bertz CT molecular complexity index is 392. The van der Waals surface area contributed by atoms with Gasteiger partial charge in [0.05, 0.1) is 6.61 Å². The standard InChI is InChI=1S/C16H26N2O/c1-16(2,3)18-11-14-10-17-9-8-15(14)19-12-13-6-4-5-7-13/h8-10,13,18H,4-7,11-12H2,1-3H3. The molecule has 1 aliphatic carbocycles. The second-order valence-electron chi connectivity index (χ2n) is 6.55. The van der Waals surface area contributed by atoms with Crippen LogP contribution in [0.4, 0.5) is 0 Å². The van der Waals surface area contributed by atoms with Gasteiger partial charge >= 0.3 is 0 Å². The molecule has 0 saturated heterocycles. The van der Waals surface area contributed by atoms with Gasteiger partial charge in [-0.2, -0.15) is 0 Å². The summed E-state index contributed by atoms with van der Waals surface area (Å²) in [5.74, 6) is 1.73. The summed E-state index contributed by atoms with van der Waals surface area (Å²) in [6.07, 6.45) is 9.08. The van der Waals surface area contributed by atoms with Crippen molar-refractivity contribution in [1.82, 2.24) is 10.3 Å². The summed E-state index contributed by atoms with van der Waals surface area (Å²) in [5.41, 5.74) is 1.26. The van der Waals surface area contributed by atoms with Crippen LogP contribution in [0.25, 0.3) is 0 Å². The van der Waals surface area contributed by atoms with E-state index in [0.717, 1.165) is 30.4 Å². The van der Waals surface area contributed by atoms with Gasteiger partial charge in [0.15, 0.2) is 0 Å². The van der Waals surface area contributed by atoms with E-state index in [-0.39, 0.29) is 5.54 Å². The monoisotopic (exact) mass is 262 g/mol. The van der Waals surface area contributed by atoms with E-state index in [1.165, 1.54) is 25.7 Å². The van der Waals surface area contributed by atoms with Crippen molar-refractivity contribution >= 4 is 0 Å². The number of aromatic nitrogens is 1. The Morgan fingerprint density at radius 2 is 2.05 bits per heavy atom. The topological polar surface area (TPSA) is 34.2 Å². The number of hydrogen-bond donors (Lipinski definition) is 1. The molecule has 1 aromatic heterocycles. The summed E-state index contributed by atoms with van der Waals surface area (Å²) in [6, 6.07) is 1.98. The molecule has 106 valence electrons. The second kappa shape index (κ2) is 6.38. The van der Waals surface area contributed by atoms with Crippen molar-refractivity contribution in [1.29, 1.82) is 0 Å². The molecular formula is C16H26N2O. The third-order valence-electron chi connectivity index (χ3n) is 3.62. The first kappa shape index (κ1) is 14.3. The third-order valence-corrected chi connectivity index (χ3v) is 3.62. The molecule has 1 aliphatic rings. The zero-order valence-corrected chi connectivity index (χ0v) is 12.4. The van der Waals surface area contributed by atoms with E-state index in [4.69, 9.17) is 4.74 Å². The number of nitrogens with zero attached hydrogens (tertiary/aromatic N) is 1. The summed E-state index contributed by atoms with van der Waals surface area (Å²) in [7, 11) is 0. The largest absolute Gasteiger partial charge is 0.493 e. The fourth-order valence-corrected chi connectivity index (χ4v) is 2.43. The number of rotatable bonds is 5. The molecule has 1 aromatic rings. The Morgan fingerprint density at radius 3 is 2.74 bits per heavy atom. The van der Waals surface area contributed by atoms with Gasteiger partial charge in [-0.05, 0) is 45.6 Å². The van der Waals surface area contributed by atoms with Crippen molar-refractivity contribution in [3.8, 4) is 5.75 Å². The highest BCUT2D eigenvalue weighted by Crippen LogP contribution is 2.26. The summed E-state index contributed by atoms with van der Waals surface area (Å²) >= 11 is 0. The van der Waals surface area contributed by atoms with Crippen molar-refractivity contribution < 1.29 is 4.74 Å². The first-order valence-corrected chi connectivity index (χ1v) is 7.35. The van der Waals surface area contributed by atoms with Crippen LogP contribution in [0.3, 0.4) is 0 Å². The maximum absolute atomic E-state index is 6.01. The average Bonchev–Trinajstić information content (AvgIpc) is 2.87. The Morgan fingerprint density at radius 1 is 1.32 bits per heavy atom. The molecule has 1 heterocycles. The lowest BCUT2D eigenvalue weighted by atomic mass is 10.1. The fraction of sp³-hybridized carbons (Fsp3) is 0.688. The second-order valence-corrected chi connectivity index (χ2v) is 6.55. The lowest BCUT2D eigenvalue weighted by Gasteiger charge is -2.21. The van der Waals surface area contributed by atoms with Crippen molar-refractivity contribution in [2.45, 2.75) is 58.5 Å². The predicted molar refractivity (Wildman–Crippen MR) is 78.3 cm³/mol. The van der Waals surface area contributed by atoms with Crippen LogP contribution in [0.1, 0.15) is 52.0 Å². The maximum Gasteiger partial charge on any atom is 0.126 e. The Kier molecular flexibility index (Phi) is 4.81. The predicted octanol–water partition coefficient (Wildman–Crippen LogP) is 3.54. The molecule has 0 amide bonds. The minimum atomic E-state index is 0.110. The first-order chi connectivity index (χ1) is 9.04. The van der Waals surface area contributed by atoms with Gasteiger partial charge in [0, 0.05) is 30.0 Å². The molecule has 3 heteroatoms. The lowest BCUT2D eigenvalue weighted by molar-refractivity contribution is 0.248. The molecular weight excluding hydrogens is 236 g/mol. The third kappa shape index (κ3) is 4.83.